The number of nitrogens with two attached hydrogens (primary N) is 1. The normalized spacial score (nSPS) is 10.3. The first-order chi connectivity index (χ1) is 9.13. The average molecular weight is 272 g/mol. The van der Waals surface area contributed by atoms with E-state index >= 15 is 0 Å². The van der Waals surface area contributed by atoms with Crippen molar-refractivity contribution in [2.24, 2.45) is 0 Å². The topological polar surface area (TPSA) is 55.1 Å². The second-order valence-electron chi connectivity index (χ2n) is 4.41. The second-order valence-corrected chi connectivity index (χ2v) is 5.46. The van der Waals surface area contributed by atoms with Crippen LogP contribution in [0.1, 0.15) is 28.1 Å². The Balaban J connectivity index is 2.18. The summed E-state index contributed by atoms with van der Waals surface area (Å²) in [5.74, 6) is 2.43. The molecule has 0 aliphatic carbocycles. The lowest BCUT2D eigenvalue weighted by Crippen LogP contribution is -2.24. The molecule has 19 heavy (non-hydrogen) atoms. The number of rotatable bonds is 4. The Hall–Kier alpha value is -1.99. The number of nitrogens with one attached hydrogen (secondary N) is 1. The maximum Gasteiger partial charge on any atom is 0.263 e. The molecule has 0 spiro atoms. The standard InChI is InChI=1S/C15H16N2OS/c1-3-4-5-8-17-15(18)14-13(16)11-7-6-10(2)9-12(11)19-14/h1,6-7,9H,4-5,8,16H2,2H3,(H,17,18). The average Bonchev–Trinajstić information content (AvgIpc) is 2.71. The van der Waals surface area contributed by atoms with Crippen molar-refractivity contribution in [3.05, 3.63) is 28.6 Å². The number of fused-ring (bicyclic) bond motifs is 1. The van der Waals surface area contributed by atoms with Crippen molar-refractivity contribution in [1.29, 1.82) is 0 Å². The van der Waals surface area contributed by atoms with E-state index < -0.39 is 0 Å². The highest BCUT2D eigenvalue weighted by molar-refractivity contribution is 7.21. The molecule has 0 aliphatic rings. The minimum Gasteiger partial charge on any atom is -0.397 e. The van der Waals surface area contributed by atoms with Gasteiger partial charge in [-0.1, -0.05) is 12.1 Å². The van der Waals surface area contributed by atoms with Gasteiger partial charge in [0.25, 0.3) is 5.91 Å². The largest absolute Gasteiger partial charge is 0.397 e. The zero-order valence-electron chi connectivity index (χ0n) is 10.8. The number of hydrogen-bond donors (Lipinski definition) is 2. The molecule has 0 radical (unpaired) electrons. The Morgan fingerprint density at radius 1 is 1.53 bits per heavy atom. The summed E-state index contributed by atoms with van der Waals surface area (Å²) in [5.41, 5.74) is 7.76. The summed E-state index contributed by atoms with van der Waals surface area (Å²) in [6, 6.07) is 6.01. The number of carbonyl (C=O) groups is 1. The number of aryl methyl sites for hydroxylation is 1. The molecule has 98 valence electrons. The third kappa shape index (κ3) is 2.88. The van der Waals surface area contributed by atoms with E-state index in [4.69, 9.17) is 12.2 Å². The Kier molecular flexibility index (Phi) is 4.08. The van der Waals surface area contributed by atoms with E-state index in [0.717, 1.165) is 22.1 Å². The molecule has 0 saturated carbocycles. The van der Waals surface area contributed by atoms with Crippen molar-refractivity contribution in [1.82, 2.24) is 5.32 Å². The lowest BCUT2D eigenvalue weighted by atomic mass is 10.1. The van der Waals surface area contributed by atoms with E-state index in [-0.39, 0.29) is 5.91 Å². The molecule has 0 fully saturated rings. The van der Waals surface area contributed by atoms with Crippen LogP contribution >= 0.6 is 11.3 Å². The SMILES string of the molecule is C#CCCCNC(=O)c1sc2cc(C)ccc2c1N. The number of thiophene rings is 1. The minimum absolute atomic E-state index is 0.117. The minimum atomic E-state index is -0.117. The number of terminal acetylenes is 1. The molecule has 4 heteroatoms. The smallest absolute Gasteiger partial charge is 0.263 e. The van der Waals surface area contributed by atoms with Crippen LogP contribution in [0.25, 0.3) is 10.1 Å². The molecule has 2 rings (SSSR count). The molecule has 3 nitrogen and oxygen atoms in total. The van der Waals surface area contributed by atoms with Crippen LogP contribution in [0.3, 0.4) is 0 Å². The number of amides is 1. The van der Waals surface area contributed by atoms with E-state index in [1.54, 1.807) is 0 Å². The first-order valence-corrected chi connectivity index (χ1v) is 6.95. The van der Waals surface area contributed by atoms with Crippen molar-refractivity contribution in [2.75, 3.05) is 12.3 Å². The summed E-state index contributed by atoms with van der Waals surface area (Å²) < 4.78 is 1.05. The van der Waals surface area contributed by atoms with E-state index in [2.05, 4.69) is 11.2 Å². The molecule has 0 bridgehead atoms. The van der Waals surface area contributed by atoms with Gasteiger partial charge in [0, 0.05) is 23.1 Å². The van der Waals surface area contributed by atoms with Crippen LogP contribution in [-0.2, 0) is 0 Å². The maximum absolute atomic E-state index is 12.1. The number of carbonyl (C=O) groups excluding carboxylic acids is 1. The lowest BCUT2D eigenvalue weighted by Gasteiger charge is -2.02. The van der Waals surface area contributed by atoms with Crippen molar-refractivity contribution in [2.45, 2.75) is 19.8 Å². The van der Waals surface area contributed by atoms with Gasteiger partial charge in [-0.25, -0.2) is 0 Å². The summed E-state index contributed by atoms with van der Waals surface area (Å²) >= 11 is 1.43. The summed E-state index contributed by atoms with van der Waals surface area (Å²) in [5, 5.41) is 3.79. The maximum atomic E-state index is 12.1. The van der Waals surface area contributed by atoms with Crippen molar-refractivity contribution < 1.29 is 4.79 Å². The van der Waals surface area contributed by atoms with Crippen LogP contribution in [0.2, 0.25) is 0 Å². The fraction of sp³-hybridized carbons (Fsp3) is 0.267. The highest BCUT2D eigenvalue weighted by Crippen LogP contribution is 2.34. The van der Waals surface area contributed by atoms with Crippen LogP contribution in [0.15, 0.2) is 18.2 Å². The van der Waals surface area contributed by atoms with E-state index in [0.29, 0.717) is 23.5 Å². The lowest BCUT2D eigenvalue weighted by molar-refractivity contribution is 0.0958. The van der Waals surface area contributed by atoms with Crippen molar-refractivity contribution in [3.8, 4) is 12.3 Å². The van der Waals surface area contributed by atoms with Crippen LogP contribution in [0.5, 0.6) is 0 Å². The van der Waals surface area contributed by atoms with Crippen LogP contribution < -0.4 is 11.1 Å². The second kappa shape index (κ2) is 5.77. The molecule has 1 aromatic heterocycles. The van der Waals surface area contributed by atoms with Gasteiger partial charge in [-0.3, -0.25) is 4.79 Å². The molecule has 0 saturated heterocycles. The fourth-order valence-electron chi connectivity index (χ4n) is 1.87. The summed E-state index contributed by atoms with van der Waals surface area (Å²) in [4.78, 5) is 12.6. The molecule has 1 heterocycles. The van der Waals surface area contributed by atoms with Crippen LogP contribution in [-0.4, -0.2) is 12.5 Å². The predicted octanol–water partition coefficient (Wildman–Crippen LogP) is 2.94. The molecule has 1 aromatic carbocycles. The molecule has 1 amide bonds. The highest BCUT2D eigenvalue weighted by Gasteiger charge is 2.15. The quantitative estimate of drug-likeness (QED) is 0.664. The van der Waals surface area contributed by atoms with Gasteiger partial charge in [-0.05, 0) is 25.0 Å². The third-order valence-corrected chi connectivity index (χ3v) is 4.04. The van der Waals surface area contributed by atoms with Crippen LogP contribution in [0, 0.1) is 19.3 Å². The summed E-state index contributed by atoms with van der Waals surface area (Å²) in [7, 11) is 0. The van der Waals surface area contributed by atoms with Gasteiger partial charge in [0.05, 0.1) is 5.69 Å². The van der Waals surface area contributed by atoms with Gasteiger partial charge in [-0.2, -0.15) is 0 Å². The first kappa shape index (κ1) is 13.4. The predicted molar refractivity (Wildman–Crippen MR) is 81.4 cm³/mol. The van der Waals surface area contributed by atoms with Gasteiger partial charge in [0.1, 0.15) is 4.88 Å². The monoisotopic (exact) mass is 272 g/mol. The molecular weight excluding hydrogens is 256 g/mol. The zero-order valence-corrected chi connectivity index (χ0v) is 11.6. The van der Waals surface area contributed by atoms with Gasteiger partial charge >= 0.3 is 0 Å². The molecule has 0 unspecified atom stereocenters. The van der Waals surface area contributed by atoms with E-state index in [9.17, 15) is 4.79 Å². The molecular formula is C15H16N2OS. The summed E-state index contributed by atoms with van der Waals surface area (Å²) in [6.45, 7) is 2.60. The Morgan fingerprint density at radius 2 is 2.32 bits per heavy atom. The van der Waals surface area contributed by atoms with E-state index in [1.165, 1.54) is 11.3 Å². The highest BCUT2D eigenvalue weighted by atomic mass is 32.1. The van der Waals surface area contributed by atoms with Gasteiger partial charge in [0.2, 0.25) is 0 Å². The molecule has 0 atom stereocenters. The Morgan fingerprint density at radius 3 is 3.05 bits per heavy atom. The first-order valence-electron chi connectivity index (χ1n) is 6.13. The molecule has 3 N–H and O–H groups in total. The fourth-order valence-corrected chi connectivity index (χ4v) is 3.00. The van der Waals surface area contributed by atoms with Crippen molar-refractivity contribution in [3.63, 3.8) is 0 Å². The number of hydrogen-bond acceptors (Lipinski definition) is 3. The molecule has 2 aromatic rings. The van der Waals surface area contributed by atoms with Gasteiger partial charge < -0.3 is 11.1 Å². The number of nitrogen functional groups attached to an aromatic ring is 1. The van der Waals surface area contributed by atoms with E-state index in [1.807, 2.05) is 25.1 Å². The Labute approximate surface area is 116 Å². The number of benzene rings is 1. The third-order valence-electron chi connectivity index (χ3n) is 2.87. The summed E-state index contributed by atoms with van der Waals surface area (Å²) in [6.07, 6.45) is 6.62. The van der Waals surface area contributed by atoms with Gasteiger partial charge in [0.15, 0.2) is 0 Å². The Bertz CT molecular complexity index is 652. The van der Waals surface area contributed by atoms with Gasteiger partial charge in [-0.15, -0.1) is 23.7 Å². The zero-order chi connectivity index (χ0) is 13.8. The van der Waals surface area contributed by atoms with Crippen molar-refractivity contribution >= 4 is 33.0 Å². The molecule has 0 aliphatic heterocycles. The number of anilines is 1. The van der Waals surface area contributed by atoms with Crippen LogP contribution in [0.4, 0.5) is 5.69 Å². The number of unbranched alkanes of at least 4 members (excludes halogenated alkanes) is 1.